The van der Waals surface area contributed by atoms with Crippen molar-refractivity contribution in [3.63, 3.8) is 0 Å². The largest absolute Gasteiger partial charge is 0.493 e. The molecule has 0 aliphatic heterocycles. The lowest BCUT2D eigenvalue weighted by Crippen LogP contribution is -2.15. The lowest BCUT2D eigenvalue weighted by molar-refractivity contribution is 0.354. The van der Waals surface area contributed by atoms with Gasteiger partial charge in [0, 0.05) is 19.0 Å². The molecule has 0 atom stereocenters. The van der Waals surface area contributed by atoms with E-state index in [4.69, 9.17) is 21.1 Å². The summed E-state index contributed by atoms with van der Waals surface area (Å²) in [4.78, 5) is 0. The first kappa shape index (κ1) is 12.1. The van der Waals surface area contributed by atoms with Crippen molar-refractivity contribution in [2.45, 2.75) is 6.54 Å². The summed E-state index contributed by atoms with van der Waals surface area (Å²) in [5, 5.41) is 3.21. The highest BCUT2D eigenvalue weighted by Gasteiger charge is 2.03. The van der Waals surface area contributed by atoms with E-state index in [1.807, 2.05) is 18.2 Å². The molecule has 3 nitrogen and oxygen atoms in total. The maximum absolute atomic E-state index is 5.57. The van der Waals surface area contributed by atoms with E-state index < -0.39 is 0 Å². The molecule has 15 heavy (non-hydrogen) atoms. The minimum Gasteiger partial charge on any atom is -0.493 e. The van der Waals surface area contributed by atoms with Crippen LogP contribution in [0, 0.1) is 0 Å². The minimum absolute atomic E-state index is 0.618. The van der Waals surface area contributed by atoms with Gasteiger partial charge in [0.05, 0.1) is 14.2 Å². The summed E-state index contributed by atoms with van der Waals surface area (Å²) in [5.41, 5.74) is 1.15. The Hall–Kier alpha value is -0.930. The van der Waals surface area contributed by atoms with Gasteiger partial charge in [0.1, 0.15) is 0 Å². The number of halogens is 1. The number of ether oxygens (including phenoxy) is 2. The number of hydrogen-bond donors (Lipinski definition) is 1. The zero-order valence-corrected chi connectivity index (χ0v) is 9.80. The van der Waals surface area contributed by atoms with Gasteiger partial charge in [0.2, 0.25) is 0 Å². The number of alkyl halides is 1. The molecule has 84 valence electrons. The Morgan fingerprint density at radius 3 is 2.53 bits per heavy atom. The lowest BCUT2D eigenvalue weighted by Gasteiger charge is -2.09. The van der Waals surface area contributed by atoms with Gasteiger partial charge in [-0.05, 0) is 17.7 Å². The molecule has 0 aromatic heterocycles. The molecular formula is C11H16ClNO2. The molecule has 0 saturated carbocycles. The number of methoxy groups -OCH3 is 2. The van der Waals surface area contributed by atoms with Crippen molar-refractivity contribution < 1.29 is 9.47 Å². The molecule has 0 radical (unpaired) electrons. The SMILES string of the molecule is COc1ccc(CNCCCl)cc1OC. The fraction of sp³-hybridized carbons (Fsp3) is 0.455. The molecule has 0 aliphatic carbocycles. The Bertz CT molecular complexity index is 305. The molecule has 1 aromatic carbocycles. The van der Waals surface area contributed by atoms with Crippen LogP contribution in [-0.4, -0.2) is 26.6 Å². The van der Waals surface area contributed by atoms with Crippen molar-refractivity contribution in [2.24, 2.45) is 0 Å². The smallest absolute Gasteiger partial charge is 0.161 e. The van der Waals surface area contributed by atoms with E-state index in [0.29, 0.717) is 5.88 Å². The molecule has 0 amide bonds. The summed E-state index contributed by atoms with van der Waals surface area (Å²) in [5.74, 6) is 2.12. The Kier molecular flexibility index (Phi) is 5.29. The van der Waals surface area contributed by atoms with E-state index in [9.17, 15) is 0 Å². The Morgan fingerprint density at radius 2 is 1.93 bits per heavy atom. The van der Waals surface area contributed by atoms with E-state index in [-0.39, 0.29) is 0 Å². The molecule has 0 heterocycles. The highest BCUT2D eigenvalue weighted by atomic mass is 35.5. The molecule has 0 saturated heterocycles. The van der Waals surface area contributed by atoms with Crippen molar-refractivity contribution in [1.82, 2.24) is 5.32 Å². The van der Waals surface area contributed by atoms with Gasteiger partial charge in [-0.25, -0.2) is 0 Å². The fourth-order valence-electron chi connectivity index (χ4n) is 1.29. The first-order valence-corrected chi connectivity index (χ1v) is 5.33. The zero-order valence-electron chi connectivity index (χ0n) is 9.05. The van der Waals surface area contributed by atoms with Gasteiger partial charge in [0.15, 0.2) is 11.5 Å². The van der Waals surface area contributed by atoms with E-state index in [1.165, 1.54) is 0 Å². The summed E-state index contributed by atoms with van der Waals surface area (Å²) >= 11 is 5.57. The van der Waals surface area contributed by atoms with Gasteiger partial charge in [-0.15, -0.1) is 11.6 Å². The number of nitrogens with one attached hydrogen (secondary N) is 1. The average molecular weight is 230 g/mol. The summed E-state index contributed by atoms with van der Waals surface area (Å²) in [6.45, 7) is 1.59. The van der Waals surface area contributed by atoms with Crippen LogP contribution in [0.15, 0.2) is 18.2 Å². The zero-order chi connectivity index (χ0) is 11.1. The standard InChI is InChI=1S/C11H16ClNO2/c1-14-10-4-3-9(7-11(10)15-2)8-13-6-5-12/h3-4,7,13H,5-6,8H2,1-2H3. The van der Waals surface area contributed by atoms with Crippen molar-refractivity contribution >= 4 is 11.6 Å². The molecule has 0 aliphatic rings. The van der Waals surface area contributed by atoms with Crippen LogP contribution < -0.4 is 14.8 Å². The van der Waals surface area contributed by atoms with Crippen LogP contribution >= 0.6 is 11.6 Å². The van der Waals surface area contributed by atoms with Gasteiger partial charge >= 0.3 is 0 Å². The van der Waals surface area contributed by atoms with Gasteiger partial charge < -0.3 is 14.8 Å². The molecule has 0 spiro atoms. The minimum atomic E-state index is 0.618. The van der Waals surface area contributed by atoms with E-state index in [0.717, 1.165) is 30.2 Å². The van der Waals surface area contributed by atoms with E-state index >= 15 is 0 Å². The first-order valence-electron chi connectivity index (χ1n) is 4.79. The quantitative estimate of drug-likeness (QED) is 0.598. The number of benzene rings is 1. The van der Waals surface area contributed by atoms with Crippen molar-refractivity contribution in [2.75, 3.05) is 26.6 Å². The number of rotatable bonds is 6. The molecule has 1 N–H and O–H groups in total. The maximum Gasteiger partial charge on any atom is 0.161 e. The third kappa shape index (κ3) is 3.61. The van der Waals surface area contributed by atoms with Crippen LogP contribution in [0.3, 0.4) is 0 Å². The Labute approximate surface area is 95.3 Å². The lowest BCUT2D eigenvalue weighted by atomic mass is 10.2. The first-order chi connectivity index (χ1) is 7.31. The van der Waals surface area contributed by atoms with Crippen molar-refractivity contribution in [1.29, 1.82) is 0 Å². The van der Waals surface area contributed by atoms with Crippen LogP contribution in [-0.2, 0) is 6.54 Å². The third-order valence-electron chi connectivity index (χ3n) is 2.05. The van der Waals surface area contributed by atoms with Gasteiger partial charge in [-0.3, -0.25) is 0 Å². The number of hydrogen-bond acceptors (Lipinski definition) is 3. The summed E-state index contributed by atoms with van der Waals surface area (Å²) in [6.07, 6.45) is 0. The van der Waals surface area contributed by atoms with E-state index in [2.05, 4.69) is 5.32 Å². The second kappa shape index (κ2) is 6.53. The normalized spacial score (nSPS) is 10.1. The highest BCUT2D eigenvalue weighted by molar-refractivity contribution is 6.18. The summed E-state index contributed by atoms with van der Waals surface area (Å²) in [7, 11) is 3.26. The summed E-state index contributed by atoms with van der Waals surface area (Å²) in [6, 6.07) is 5.86. The highest BCUT2D eigenvalue weighted by Crippen LogP contribution is 2.27. The van der Waals surface area contributed by atoms with Crippen LogP contribution in [0.1, 0.15) is 5.56 Å². The molecule has 0 unspecified atom stereocenters. The van der Waals surface area contributed by atoms with E-state index in [1.54, 1.807) is 14.2 Å². The van der Waals surface area contributed by atoms with Crippen LogP contribution in [0.2, 0.25) is 0 Å². The predicted octanol–water partition coefficient (Wildman–Crippen LogP) is 2.03. The third-order valence-corrected chi connectivity index (χ3v) is 2.24. The molecule has 0 bridgehead atoms. The fourth-order valence-corrected chi connectivity index (χ4v) is 1.42. The van der Waals surface area contributed by atoms with Crippen LogP contribution in [0.4, 0.5) is 0 Å². The Morgan fingerprint density at radius 1 is 1.20 bits per heavy atom. The van der Waals surface area contributed by atoms with Crippen molar-refractivity contribution in [3.05, 3.63) is 23.8 Å². The molecular weight excluding hydrogens is 214 g/mol. The monoisotopic (exact) mass is 229 g/mol. The van der Waals surface area contributed by atoms with Gasteiger partial charge in [-0.1, -0.05) is 6.07 Å². The molecule has 4 heteroatoms. The van der Waals surface area contributed by atoms with Crippen molar-refractivity contribution in [3.8, 4) is 11.5 Å². The Balaban J connectivity index is 2.66. The topological polar surface area (TPSA) is 30.5 Å². The van der Waals surface area contributed by atoms with Gasteiger partial charge in [-0.2, -0.15) is 0 Å². The molecule has 1 rings (SSSR count). The maximum atomic E-state index is 5.57. The van der Waals surface area contributed by atoms with Gasteiger partial charge in [0.25, 0.3) is 0 Å². The average Bonchev–Trinajstić information content (AvgIpc) is 2.29. The van der Waals surface area contributed by atoms with Crippen LogP contribution in [0.25, 0.3) is 0 Å². The second-order valence-electron chi connectivity index (χ2n) is 3.06. The molecule has 0 fully saturated rings. The molecule has 1 aromatic rings. The summed E-state index contributed by atoms with van der Waals surface area (Å²) < 4.78 is 10.4. The second-order valence-corrected chi connectivity index (χ2v) is 3.43. The predicted molar refractivity (Wildman–Crippen MR) is 62.0 cm³/mol. The van der Waals surface area contributed by atoms with Crippen LogP contribution in [0.5, 0.6) is 11.5 Å².